The molecule has 0 saturated heterocycles. The Morgan fingerprint density at radius 1 is 1.36 bits per heavy atom. The summed E-state index contributed by atoms with van der Waals surface area (Å²) in [7, 11) is 0. The van der Waals surface area contributed by atoms with Gasteiger partial charge in [-0.05, 0) is 31.1 Å². The molecule has 2 aliphatic carbocycles. The zero-order valence-corrected chi connectivity index (χ0v) is 9.18. The second kappa shape index (κ2) is 3.06. The number of rotatable bonds is 0. The quantitative estimate of drug-likeness (QED) is 0.645. The minimum absolute atomic E-state index is 0.235. The van der Waals surface area contributed by atoms with Crippen molar-refractivity contribution in [2.45, 2.75) is 58.5 Å². The third-order valence-electron chi connectivity index (χ3n) is 4.11. The van der Waals surface area contributed by atoms with Gasteiger partial charge in [0.15, 0.2) is 0 Å². The number of hydrogen-bond donors (Lipinski definition) is 1. The molecule has 0 aromatic rings. The largest absolute Gasteiger partial charge is 0.392 e. The van der Waals surface area contributed by atoms with Crippen LogP contribution in [0.3, 0.4) is 0 Å². The summed E-state index contributed by atoms with van der Waals surface area (Å²) in [6.45, 7) is 4.43. The van der Waals surface area contributed by atoms with Gasteiger partial charge in [-0.3, -0.25) is 4.79 Å². The Labute approximate surface area is 85.7 Å². The minimum Gasteiger partial charge on any atom is -0.392 e. The first-order chi connectivity index (χ1) is 6.46. The molecule has 14 heavy (non-hydrogen) atoms. The van der Waals surface area contributed by atoms with E-state index in [-0.39, 0.29) is 16.9 Å². The van der Waals surface area contributed by atoms with Crippen LogP contribution in [0.15, 0.2) is 0 Å². The zero-order valence-electron chi connectivity index (χ0n) is 9.18. The van der Waals surface area contributed by atoms with Gasteiger partial charge in [-0.1, -0.05) is 20.3 Å². The Balaban J connectivity index is 2.26. The third kappa shape index (κ3) is 1.40. The first-order valence-electron chi connectivity index (χ1n) is 5.68. The average Bonchev–Trinajstić information content (AvgIpc) is 2.32. The predicted octanol–water partition coefficient (Wildman–Crippen LogP) is 2.30. The SMILES string of the molecule is CC1(C)CCC[C@@]2(C1)C(=O)CC[C@@H]2O. The summed E-state index contributed by atoms with van der Waals surface area (Å²) in [5.41, 5.74) is -0.124. The molecule has 2 rings (SSSR count). The van der Waals surface area contributed by atoms with E-state index in [1.165, 1.54) is 6.42 Å². The van der Waals surface area contributed by atoms with E-state index in [9.17, 15) is 9.90 Å². The maximum absolute atomic E-state index is 11.9. The van der Waals surface area contributed by atoms with Crippen LogP contribution in [0.25, 0.3) is 0 Å². The van der Waals surface area contributed by atoms with Gasteiger partial charge >= 0.3 is 0 Å². The summed E-state index contributed by atoms with van der Waals surface area (Å²) in [6, 6.07) is 0. The highest BCUT2D eigenvalue weighted by Crippen LogP contribution is 2.52. The molecule has 0 bridgehead atoms. The number of aliphatic hydroxyl groups excluding tert-OH is 1. The molecule has 2 nitrogen and oxygen atoms in total. The van der Waals surface area contributed by atoms with Crippen LogP contribution < -0.4 is 0 Å². The smallest absolute Gasteiger partial charge is 0.141 e. The molecule has 1 spiro atoms. The molecule has 2 fully saturated rings. The van der Waals surface area contributed by atoms with Gasteiger partial charge in [0.05, 0.1) is 11.5 Å². The van der Waals surface area contributed by atoms with Crippen LogP contribution in [0.2, 0.25) is 0 Å². The van der Waals surface area contributed by atoms with Crippen LogP contribution in [0.1, 0.15) is 52.4 Å². The highest BCUT2D eigenvalue weighted by molar-refractivity contribution is 5.87. The normalized spacial score (nSPS) is 41.9. The van der Waals surface area contributed by atoms with E-state index >= 15 is 0 Å². The summed E-state index contributed by atoms with van der Waals surface area (Å²) in [5.74, 6) is 0.317. The van der Waals surface area contributed by atoms with Crippen LogP contribution in [-0.2, 0) is 4.79 Å². The Hall–Kier alpha value is -0.370. The highest BCUT2D eigenvalue weighted by atomic mass is 16.3. The Bertz CT molecular complexity index is 257. The molecule has 2 heteroatoms. The van der Waals surface area contributed by atoms with Crippen molar-refractivity contribution < 1.29 is 9.90 Å². The van der Waals surface area contributed by atoms with E-state index in [4.69, 9.17) is 0 Å². The fourth-order valence-electron chi connectivity index (χ4n) is 3.41. The van der Waals surface area contributed by atoms with E-state index in [0.717, 1.165) is 19.3 Å². The molecule has 2 saturated carbocycles. The molecule has 80 valence electrons. The molecule has 0 amide bonds. The van der Waals surface area contributed by atoms with E-state index in [0.29, 0.717) is 18.6 Å². The van der Waals surface area contributed by atoms with Crippen LogP contribution in [0, 0.1) is 10.8 Å². The van der Waals surface area contributed by atoms with Crippen molar-refractivity contribution in [3.63, 3.8) is 0 Å². The number of Topliss-reactive ketones (excluding diaryl/α,β-unsaturated/α-hetero) is 1. The molecule has 2 aliphatic rings. The highest BCUT2D eigenvalue weighted by Gasteiger charge is 2.52. The summed E-state index contributed by atoms with van der Waals surface area (Å²) in [4.78, 5) is 11.9. The van der Waals surface area contributed by atoms with Crippen LogP contribution in [0.4, 0.5) is 0 Å². The molecular weight excluding hydrogens is 176 g/mol. The Morgan fingerprint density at radius 3 is 2.57 bits per heavy atom. The monoisotopic (exact) mass is 196 g/mol. The van der Waals surface area contributed by atoms with Crippen molar-refractivity contribution in [1.29, 1.82) is 0 Å². The lowest BCUT2D eigenvalue weighted by Crippen LogP contribution is -2.43. The second-order valence-corrected chi connectivity index (χ2v) is 5.83. The summed E-state index contributed by atoms with van der Waals surface area (Å²) < 4.78 is 0. The third-order valence-corrected chi connectivity index (χ3v) is 4.11. The van der Waals surface area contributed by atoms with Gasteiger partial charge in [0.1, 0.15) is 5.78 Å². The lowest BCUT2D eigenvalue weighted by atomic mass is 9.61. The number of carbonyl (C=O) groups excluding carboxylic acids is 1. The maximum Gasteiger partial charge on any atom is 0.141 e. The van der Waals surface area contributed by atoms with Crippen molar-refractivity contribution in [1.82, 2.24) is 0 Å². The maximum atomic E-state index is 11.9. The minimum atomic E-state index is -0.366. The van der Waals surface area contributed by atoms with Gasteiger partial charge in [0.25, 0.3) is 0 Å². The van der Waals surface area contributed by atoms with E-state index in [1.807, 2.05) is 0 Å². The first kappa shape index (κ1) is 10.2. The standard InChI is InChI=1S/C12H20O2/c1-11(2)6-3-7-12(8-11)9(13)4-5-10(12)14/h9,13H,3-8H2,1-2H3/t9-,12-/m0/s1. The Kier molecular flexibility index (Phi) is 2.22. The molecule has 0 unspecified atom stereocenters. The van der Waals surface area contributed by atoms with Gasteiger partial charge in [-0.25, -0.2) is 0 Å². The van der Waals surface area contributed by atoms with Crippen LogP contribution >= 0.6 is 0 Å². The Morgan fingerprint density at radius 2 is 2.07 bits per heavy atom. The van der Waals surface area contributed by atoms with Crippen molar-refractivity contribution >= 4 is 5.78 Å². The van der Waals surface area contributed by atoms with Crippen molar-refractivity contribution in [3.05, 3.63) is 0 Å². The molecule has 1 N–H and O–H groups in total. The van der Waals surface area contributed by atoms with E-state index in [1.54, 1.807) is 0 Å². The lowest BCUT2D eigenvalue weighted by Gasteiger charge is -2.43. The van der Waals surface area contributed by atoms with Crippen molar-refractivity contribution in [3.8, 4) is 0 Å². The molecule has 0 aliphatic heterocycles. The van der Waals surface area contributed by atoms with Crippen LogP contribution in [0.5, 0.6) is 0 Å². The molecule has 0 aromatic heterocycles. The first-order valence-corrected chi connectivity index (χ1v) is 5.68. The van der Waals surface area contributed by atoms with Crippen molar-refractivity contribution in [2.24, 2.45) is 10.8 Å². The van der Waals surface area contributed by atoms with Crippen molar-refractivity contribution in [2.75, 3.05) is 0 Å². The number of carbonyl (C=O) groups is 1. The fraction of sp³-hybridized carbons (Fsp3) is 0.917. The zero-order chi connectivity index (χ0) is 10.4. The number of ketones is 1. The van der Waals surface area contributed by atoms with Gasteiger partial charge in [0, 0.05) is 6.42 Å². The van der Waals surface area contributed by atoms with E-state index < -0.39 is 0 Å². The molecular formula is C12H20O2. The van der Waals surface area contributed by atoms with Gasteiger partial charge in [-0.15, -0.1) is 0 Å². The van der Waals surface area contributed by atoms with Crippen LogP contribution in [-0.4, -0.2) is 17.0 Å². The molecule has 2 atom stereocenters. The molecule has 0 aromatic carbocycles. The van der Waals surface area contributed by atoms with Gasteiger partial charge in [-0.2, -0.15) is 0 Å². The average molecular weight is 196 g/mol. The summed E-state index contributed by atoms with van der Waals surface area (Å²) >= 11 is 0. The van der Waals surface area contributed by atoms with Gasteiger partial charge in [0.2, 0.25) is 0 Å². The lowest BCUT2D eigenvalue weighted by molar-refractivity contribution is -0.134. The predicted molar refractivity (Wildman–Crippen MR) is 54.9 cm³/mol. The molecule has 0 heterocycles. The number of hydrogen-bond acceptors (Lipinski definition) is 2. The summed E-state index contributed by atoms with van der Waals surface area (Å²) in [5, 5.41) is 9.99. The van der Waals surface area contributed by atoms with Gasteiger partial charge < -0.3 is 5.11 Å². The number of aliphatic hydroxyl groups is 1. The van der Waals surface area contributed by atoms with E-state index in [2.05, 4.69) is 13.8 Å². The fourth-order valence-corrected chi connectivity index (χ4v) is 3.41. The topological polar surface area (TPSA) is 37.3 Å². The summed E-state index contributed by atoms with van der Waals surface area (Å²) in [6.07, 6.45) is 5.00. The second-order valence-electron chi connectivity index (χ2n) is 5.83. The molecule has 0 radical (unpaired) electrons.